The summed E-state index contributed by atoms with van der Waals surface area (Å²) in [4.78, 5) is 2.64. The van der Waals surface area contributed by atoms with E-state index in [2.05, 4.69) is 63.8 Å². The summed E-state index contributed by atoms with van der Waals surface area (Å²) in [7, 11) is 0. The first-order chi connectivity index (χ1) is 9.41. The van der Waals surface area contributed by atoms with Crippen molar-refractivity contribution in [2.45, 2.75) is 59.2 Å². The van der Waals surface area contributed by atoms with Crippen molar-refractivity contribution in [1.29, 1.82) is 0 Å². The molecule has 1 heterocycles. The van der Waals surface area contributed by atoms with Gasteiger partial charge in [0.2, 0.25) is 0 Å². The zero-order valence-electron chi connectivity index (χ0n) is 13.6. The maximum Gasteiger partial charge on any atom is 0.0502 e. The van der Waals surface area contributed by atoms with Crippen molar-refractivity contribution in [3.63, 3.8) is 0 Å². The van der Waals surface area contributed by atoms with Gasteiger partial charge in [-0.1, -0.05) is 38.1 Å². The van der Waals surface area contributed by atoms with E-state index in [0.29, 0.717) is 12.1 Å². The molecule has 5 atom stereocenters. The molecule has 2 heteroatoms. The average molecular weight is 274 g/mol. The molecular weight excluding hydrogens is 244 g/mol. The highest BCUT2D eigenvalue weighted by atomic mass is 15.2. The van der Waals surface area contributed by atoms with Crippen LogP contribution in [0.2, 0.25) is 0 Å². The van der Waals surface area contributed by atoms with Gasteiger partial charge in [-0.25, -0.2) is 0 Å². The monoisotopic (exact) mass is 274 g/mol. The molecule has 0 aliphatic carbocycles. The van der Waals surface area contributed by atoms with Gasteiger partial charge in [-0.2, -0.15) is 0 Å². The summed E-state index contributed by atoms with van der Waals surface area (Å²) < 4.78 is 0. The minimum absolute atomic E-state index is 0.149. The molecule has 20 heavy (non-hydrogen) atoms. The second-order valence-electron chi connectivity index (χ2n) is 6.92. The molecule has 5 unspecified atom stereocenters. The van der Waals surface area contributed by atoms with Crippen molar-refractivity contribution >= 4 is 0 Å². The summed E-state index contributed by atoms with van der Waals surface area (Å²) in [6.07, 6.45) is 1.33. The molecule has 0 saturated carbocycles. The lowest BCUT2D eigenvalue weighted by Gasteiger charge is -2.47. The lowest BCUT2D eigenvalue weighted by atomic mass is 9.82. The highest BCUT2D eigenvalue weighted by Gasteiger charge is 2.35. The van der Waals surface area contributed by atoms with Gasteiger partial charge >= 0.3 is 0 Å². The van der Waals surface area contributed by atoms with E-state index in [1.165, 1.54) is 17.5 Å². The molecule has 0 aromatic heterocycles. The van der Waals surface area contributed by atoms with Crippen LogP contribution in [-0.2, 0) is 0 Å². The number of benzene rings is 1. The molecule has 0 radical (unpaired) electrons. The molecule has 0 spiro atoms. The standard InChI is InChI=1S/C18H30N2/c1-12-10-14(3)16(5)20(11-12)18(15(4)19)17-9-7-6-8-13(17)2/h6-9,12,14-16,18H,10-11,19H2,1-5H3. The van der Waals surface area contributed by atoms with E-state index in [0.717, 1.165) is 18.4 Å². The lowest BCUT2D eigenvalue weighted by molar-refractivity contribution is 0.0312. The summed E-state index contributed by atoms with van der Waals surface area (Å²) in [5.74, 6) is 1.50. The van der Waals surface area contributed by atoms with Gasteiger partial charge in [0.15, 0.2) is 0 Å². The largest absolute Gasteiger partial charge is 0.326 e. The molecule has 1 aliphatic rings. The Kier molecular flexibility index (Phi) is 4.87. The maximum atomic E-state index is 6.38. The second-order valence-corrected chi connectivity index (χ2v) is 6.92. The third-order valence-electron chi connectivity index (χ3n) is 5.01. The Morgan fingerprint density at radius 1 is 1.20 bits per heavy atom. The van der Waals surface area contributed by atoms with Crippen LogP contribution in [0, 0.1) is 18.8 Å². The number of hydrogen-bond acceptors (Lipinski definition) is 2. The van der Waals surface area contributed by atoms with E-state index in [1.54, 1.807) is 0 Å². The number of rotatable bonds is 3. The minimum Gasteiger partial charge on any atom is -0.326 e. The number of nitrogens with two attached hydrogens (primary N) is 1. The van der Waals surface area contributed by atoms with Crippen LogP contribution in [0.4, 0.5) is 0 Å². The van der Waals surface area contributed by atoms with Crippen molar-refractivity contribution < 1.29 is 0 Å². The van der Waals surface area contributed by atoms with E-state index in [4.69, 9.17) is 5.73 Å². The third-order valence-corrected chi connectivity index (χ3v) is 5.01. The third kappa shape index (κ3) is 3.07. The number of likely N-dealkylation sites (tertiary alicyclic amines) is 1. The molecule has 1 aromatic carbocycles. The van der Waals surface area contributed by atoms with Crippen LogP contribution in [0.5, 0.6) is 0 Å². The summed E-state index contributed by atoms with van der Waals surface area (Å²) in [5, 5.41) is 0. The first-order valence-electron chi connectivity index (χ1n) is 7.98. The predicted octanol–water partition coefficient (Wildman–Crippen LogP) is 3.75. The van der Waals surface area contributed by atoms with Crippen molar-refractivity contribution in [1.82, 2.24) is 4.90 Å². The summed E-state index contributed by atoms with van der Waals surface area (Å²) in [6, 6.07) is 9.78. The maximum absolute atomic E-state index is 6.38. The summed E-state index contributed by atoms with van der Waals surface area (Å²) in [5.41, 5.74) is 9.13. The van der Waals surface area contributed by atoms with E-state index >= 15 is 0 Å². The highest BCUT2D eigenvalue weighted by Crippen LogP contribution is 2.36. The van der Waals surface area contributed by atoms with Gasteiger partial charge < -0.3 is 5.73 Å². The Morgan fingerprint density at radius 3 is 2.45 bits per heavy atom. The molecule has 2 rings (SSSR count). The first-order valence-corrected chi connectivity index (χ1v) is 7.98. The van der Waals surface area contributed by atoms with Crippen LogP contribution >= 0.6 is 0 Å². The van der Waals surface area contributed by atoms with Gasteiger partial charge in [0.1, 0.15) is 0 Å². The molecule has 2 nitrogen and oxygen atoms in total. The van der Waals surface area contributed by atoms with Gasteiger partial charge in [0.05, 0.1) is 6.04 Å². The molecule has 1 fully saturated rings. The van der Waals surface area contributed by atoms with Crippen LogP contribution in [-0.4, -0.2) is 23.5 Å². The topological polar surface area (TPSA) is 29.3 Å². The van der Waals surface area contributed by atoms with Crippen LogP contribution < -0.4 is 5.73 Å². The van der Waals surface area contributed by atoms with E-state index in [9.17, 15) is 0 Å². The Labute approximate surface area is 124 Å². The molecule has 1 saturated heterocycles. The van der Waals surface area contributed by atoms with Crippen molar-refractivity contribution in [3.05, 3.63) is 35.4 Å². The Balaban J connectivity index is 2.36. The van der Waals surface area contributed by atoms with Crippen molar-refractivity contribution in [2.24, 2.45) is 17.6 Å². The Bertz CT molecular complexity index is 441. The Hall–Kier alpha value is -0.860. The zero-order chi connectivity index (χ0) is 14.9. The fourth-order valence-electron chi connectivity index (χ4n) is 3.81. The van der Waals surface area contributed by atoms with Gasteiger partial charge in [-0.15, -0.1) is 0 Å². The van der Waals surface area contributed by atoms with Crippen molar-refractivity contribution in [2.75, 3.05) is 6.54 Å². The molecule has 2 N–H and O–H groups in total. The molecule has 0 amide bonds. The van der Waals surface area contributed by atoms with Crippen LogP contribution in [0.3, 0.4) is 0 Å². The SMILES string of the molecule is Cc1ccccc1C(C(C)N)N1CC(C)CC(C)C1C. The molecule has 0 bridgehead atoms. The molecular formula is C18H30N2. The van der Waals surface area contributed by atoms with Crippen LogP contribution in [0.25, 0.3) is 0 Å². The van der Waals surface area contributed by atoms with Gasteiger partial charge in [0.25, 0.3) is 0 Å². The predicted molar refractivity (Wildman–Crippen MR) is 86.7 cm³/mol. The first kappa shape index (κ1) is 15.5. The summed E-state index contributed by atoms with van der Waals surface area (Å²) >= 11 is 0. The van der Waals surface area contributed by atoms with Crippen LogP contribution in [0.1, 0.15) is 51.3 Å². The molecule has 112 valence electrons. The number of nitrogens with zero attached hydrogens (tertiary/aromatic N) is 1. The lowest BCUT2D eigenvalue weighted by Crippen LogP contribution is -2.51. The minimum atomic E-state index is 0.149. The van der Waals surface area contributed by atoms with Crippen LogP contribution in [0.15, 0.2) is 24.3 Å². The average Bonchev–Trinajstić information content (AvgIpc) is 2.37. The van der Waals surface area contributed by atoms with E-state index in [-0.39, 0.29) is 6.04 Å². The zero-order valence-corrected chi connectivity index (χ0v) is 13.6. The van der Waals surface area contributed by atoms with Gasteiger partial charge in [0, 0.05) is 18.6 Å². The number of hydrogen-bond donors (Lipinski definition) is 1. The van der Waals surface area contributed by atoms with E-state index in [1.807, 2.05) is 0 Å². The normalized spacial score (nSPS) is 31.0. The number of aryl methyl sites for hydroxylation is 1. The Morgan fingerprint density at radius 2 is 1.85 bits per heavy atom. The number of piperidine rings is 1. The quantitative estimate of drug-likeness (QED) is 0.909. The van der Waals surface area contributed by atoms with Crippen molar-refractivity contribution in [3.8, 4) is 0 Å². The second kappa shape index (κ2) is 6.28. The fourth-order valence-corrected chi connectivity index (χ4v) is 3.81. The van der Waals surface area contributed by atoms with Gasteiger partial charge in [-0.3, -0.25) is 4.90 Å². The molecule has 1 aliphatic heterocycles. The van der Waals surface area contributed by atoms with E-state index < -0.39 is 0 Å². The van der Waals surface area contributed by atoms with Gasteiger partial charge in [-0.05, 0) is 50.2 Å². The summed E-state index contributed by atoms with van der Waals surface area (Å²) in [6.45, 7) is 12.6. The molecule has 1 aromatic rings. The highest BCUT2D eigenvalue weighted by molar-refractivity contribution is 5.30. The smallest absolute Gasteiger partial charge is 0.0502 e. The fraction of sp³-hybridized carbons (Fsp3) is 0.667.